The number of carbonyl (C=O) groups is 1. The molecule has 140 valence electrons. The minimum absolute atomic E-state index is 0.188. The molecule has 0 saturated heterocycles. The predicted octanol–water partition coefficient (Wildman–Crippen LogP) is 4.97. The summed E-state index contributed by atoms with van der Waals surface area (Å²) in [4.78, 5) is 12.7. The van der Waals surface area contributed by atoms with Gasteiger partial charge in [0.2, 0.25) is 0 Å². The average Bonchev–Trinajstić information content (AvgIpc) is 2.99. The van der Waals surface area contributed by atoms with Gasteiger partial charge in [0.05, 0.1) is 17.0 Å². The maximum Gasteiger partial charge on any atom is 0.278 e. The van der Waals surface area contributed by atoms with Gasteiger partial charge in [-0.3, -0.25) is 4.79 Å². The molecule has 28 heavy (non-hydrogen) atoms. The Labute approximate surface area is 171 Å². The highest BCUT2D eigenvalue weighted by atomic mass is 35.5. The van der Waals surface area contributed by atoms with E-state index in [-0.39, 0.29) is 11.6 Å². The minimum atomic E-state index is -0.383. The number of hydrogen-bond acceptors (Lipinski definition) is 4. The van der Waals surface area contributed by atoms with Gasteiger partial charge in [0, 0.05) is 15.7 Å². The number of nitrogens with one attached hydrogen (secondary N) is 1. The van der Waals surface area contributed by atoms with Gasteiger partial charge in [-0.25, -0.2) is 4.52 Å². The van der Waals surface area contributed by atoms with E-state index in [9.17, 15) is 4.79 Å². The standard InChI is InChI=1S/C20H15Cl2N5O/c1-11-17(13-5-3-6-14(21)9-13)19-25-24-18(12(2)27(19)26-11)20(28)23-16-8-4-7-15(22)10-16/h3-10H,1-2H3,(H,23,28). The van der Waals surface area contributed by atoms with Gasteiger partial charge in [0.25, 0.3) is 5.91 Å². The molecule has 0 spiro atoms. The number of rotatable bonds is 3. The SMILES string of the molecule is Cc1nn2c(C)c(C(=O)Nc3cccc(Cl)c3)nnc2c1-c1cccc(Cl)c1. The Balaban J connectivity index is 1.77. The van der Waals surface area contributed by atoms with Crippen molar-refractivity contribution in [1.29, 1.82) is 0 Å². The number of nitrogens with zero attached hydrogens (tertiary/aromatic N) is 4. The lowest BCUT2D eigenvalue weighted by Crippen LogP contribution is -2.18. The van der Waals surface area contributed by atoms with Crippen molar-refractivity contribution < 1.29 is 4.79 Å². The van der Waals surface area contributed by atoms with E-state index in [1.165, 1.54) is 0 Å². The lowest BCUT2D eigenvalue weighted by atomic mass is 10.1. The van der Waals surface area contributed by atoms with Crippen LogP contribution in [0.2, 0.25) is 10.0 Å². The summed E-state index contributed by atoms with van der Waals surface area (Å²) in [6.45, 7) is 3.67. The molecule has 0 unspecified atom stereocenters. The normalized spacial score (nSPS) is 11.0. The van der Waals surface area contributed by atoms with Gasteiger partial charge in [-0.15, -0.1) is 10.2 Å². The molecule has 0 aliphatic carbocycles. The van der Waals surface area contributed by atoms with E-state index in [0.717, 1.165) is 16.8 Å². The first-order chi connectivity index (χ1) is 13.4. The third kappa shape index (κ3) is 3.32. The van der Waals surface area contributed by atoms with E-state index < -0.39 is 0 Å². The Kier molecular flexibility index (Phi) is 4.75. The van der Waals surface area contributed by atoms with E-state index in [4.69, 9.17) is 23.2 Å². The van der Waals surface area contributed by atoms with E-state index in [1.54, 1.807) is 41.8 Å². The van der Waals surface area contributed by atoms with Crippen molar-refractivity contribution >= 4 is 40.4 Å². The first kappa shape index (κ1) is 18.4. The van der Waals surface area contributed by atoms with Crippen molar-refractivity contribution in [3.05, 3.63) is 75.7 Å². The molecule has 0 bridgehead atoms. The lowest BCUT2D eigenvalue weighted by molar-refractivity contribution is 0.102. The monoisotopic (exact) mass is 411 g/mol. The Morgan fingerprint density at radius 1 is 1.00 bits per heavy atom. The summed E-state index contributed by atoms with van der Waals surface area (Å²) in [5.41, 5.74) is 4.41. The lowest BCUT2D eigenvalue weighted by Gasteiger charge is -2.08. The Morgan fingerprint density at radius 2 is 1.71 bits per heavy atom. The number of amides is 1. The topological polar surface area (TPSA) is 72.2 Å². The smallest absolute Gasteiger partial charge is 0.278 e. The number of hydrogen-bond donors (Lipinski definition) is 1. The fraction of sp³-hybridized carbons (Fsp3) is 0.100. The van der Waals surface area contributed by atoms with Crippen LogP contribution in [0.4, 0.5) is 5.69 Å². The first-order valence-corrected chi connectivity index (χ1v) is 9.25. The Hall–Kier alpha value is -2.96. The maximum atomic E-state index is 12.7. The molecule has 0 atom stereocenters. The van der Waals surface area contributed by atoms with E-state index in [1.807, 2.05) is 25.1 Å². The summed E-state index contributed by atoms with van der Waals surface area (Å²) in [7, 11) is 0. The fourth-order valence-electron chi connectivity index (χ4n) is 3.06. The Bertz CT molecular complexity index is 1220. The average molecular weight is 412 g/mol. The number of aromatic nitrogens is 4. The second kappa shape index (κ2) is 7.22. The van der Waals surface area contributed by atoms with E-state index in [0.29, 0.717) is 27.1 Å². The van der Waals surface area contributed by atoms with E-state index >= 15 is 0 Å². The molecule has 2 aromatic carbocycles. The molecule has 0 fully saturated rings. The van der Waals surface area contributed by atoms with Crippen LogP contribution in [0.5, 0.6) is 0 Å². The summed E-state index contributed by atoms with van der Waals surface area (Å²) in [5, 5.41) is 16.9. The van der Waals surface area contributed by atoms with Crippen LogP contribution in [0, 0.1) is 13.8 Å². The number of carbonyl (C=O) groups excluding carboxylic acids is 1. The number of halogens is 2. The molecular weight excluding hydrogens is 397 g/mol. The van der Waals surface area contributed by atoms with Crippen molar-refractivity contribution in [2.75, 3.05) is 5.32 Å². The molecule has 2 heterocycles. The van der Waals surface area contributed by atoms with Crippen LogP contribution in [-0.4, -0.2) is 25.7 Å². The van der Waals surface area contributed by atoms with Gasteiger partial charge in [-0.1, -0.05) is 41.4 Å². The first-order valence-electron chi connectivity index (χ1n) is 8.49. The van der Waals surface area contributed by atoms with Crippen LogP contribution in [0.15, 0.2) is 48.5 Å². The van der Waals surface area contributed by atoms with Gasteiger partial charge in [-0.05, 0) is 49.7 Å². The molecule has 0 aliphatic heterocycles. The molecule has 1 amide bonds. The Morgan fingerprint density at radius 3 is 2.43 bits per heavy atom. The second-order valence-electron chi connectivity index (χ2n) is 6.30. The number of anilines is 1. The van der Waals surface area contributed by atoms with Gasteiger partial charge in [0.1, 0.15) is 0 Å². The molecule has 2 aromatic heterocycles. The molecule has 1 N–H and O–H groups in total. The molecule has 0 radical (unpaired) electrons. The molecule has 8 heteroatoms. The van der Waals surface area contributed by atoms with Crippen LogP contribution in [0.3, 0.4) is 0 Å². The molecule has 0 aliphatic rings. The highest BCUT2D eigenvalue weighted by Gasteiger charge is 2.20. The number of aryl methyl sites for hydroxylation is 2. The maximum absolute atomic E-state index is 12.7. The minimum Gasteiger partial charge on any atom is -0.320 e. The summed E-state index contributed by atoms with van der Waals surface area (Å²) in [6.07, 6.45) is 0. The fourth-order valence-corrected chi connectivity index (χ4v) is 3.44. The van der Waals surface area contributed by atoms with Crippen LogP contribution in [0.1, 0.15) is 21.9 Å². The van der Waals surface area contributed by atoms with Gasteiger partial charge in [-0.2, -0.15) is 5.10 Å². The largest absolute Gasteiger partial charge is 0.320 e. The quantitative estimate of drug-likeness (QED) is 0.516. The summed E-state index contributed by atoms with van der Waals surface area (Å²) in [6, 6.07) is 14.4. The van der Waals surface area contributed by atoms with Crippen LogP contribution >= 0.6 is 23.2 Å². The van der Waals surface area contributed by atoms with Crippen molar-refractivity contribution in [1.82, 2.24) is 19.8 Å². The van der Waals surface area contributed by atoms with Crippen LogP contribution < -0.4 is 5.32 Å². The zero-order valence-corrected chi connectivity index (χ0v) is 16.6. The molecule has 4 rings (SSSR count). The zero-order valence-electron chi connectivity index (χ0n) is 15.1. The van der Waals surface area contributed by atoms with Gasteiger partial charge < -0.3 is 5.32 Å². The van der Waals surface area contributed by atoms with Crippen LogP contribution in [0.25, 0.3) is 16.8 Å². The van der Waals surface area contributed by atoms with Gasteiger partial charge in [0.15, 0.2) is 11.3 Å². The highest BCUT2D eigenvalue weighted by molar-refractivity contribution is 6.31. The summed E-state index contributed by atoms with van der Waals surface area (Å²) < 4.78 is 1.63. The molecular formula is C20H15Cl2N5O. The third-order valence-corrected chi connectivity index (χ3v) is 4.82. The van der Waals surface area contributed by atoms with Crippen molar-refractivity contribution in [3.63, 3.8) is 0 Å². The molecule has 4 aromatic rings. The van der Waals surface area contributed by atoms with Crippen molar-refractivity contribution in [2.45, 2.75) is 13.8 Å². The van der Waals surface area contributed by atoms with Crippen LogP contribution in [-0.2, 0) is 0 Å². The van der Waals surface area contributed by atoms with Gasteiger partial charge >= 0.3 is 0 Å². The molecule has 0 saturated carbocycles. The highest BCUT2D eigenvalue weighted by Crippen LogP contribution is 2.29. The van der Waals surface area contributed by atoms with Crippen molar-refractivity contribution in [2.24, 2.45) is 0 Å². The summed E-state index contributed by atoms with van der Waals surface area (Å²) >= 11 is 12.1. The second-order valence-corrected chi connectivity index (χ2v) is 7.18. The zero-order chi connectivity index (χ0) is 19.8. The molecule has 6 nitrogen and oxygen atoms in total. The summed E-state index contributed by atoms with van der Waals surface area (Å²) in [5.74, 6) is -0.383. The number of benzene rings is 2. The van der Waals surface area contributed by atoms with E-state index in [2.05, 4.69) is 20.6 Å². The number of fused-ring (bicyclic) bond motifs is 1. The predicted molar refractivity (Wildman–Crippen MR) is 110 cm³/mol. The van der Waals surface area contributed by atoms with Crippen molar-refractivity contribution in [3.8, 4) is 11.1 Å². The third-order valence-electron chi connectivity index (χ3n) is 4.35.